The summed E-state index contributed by atoms with van der Waals surface area (Å²) in [7, 11) is -3.23. The summed E-state index contributed by atoms with van der Waals surface area (Å²) in [4.78, 5) is 8.84. The number of aromatic nitrogens is 3. The SMILES string of the molecule is O=S1(=O)CCCN1c1ccc(Nc2nccn3c(-c4ccc(OC(F)F)cc4)cnc23)cc1. The second-order valence-corrected chi connectivity index (χ2v) is 9.44. The third kappa shape index (κ3) is 4.19. The van der Waals surface area contributed by atoms with Crippen LogP contribution in [-0.2, 0) is 10.0 Å². The van der Waals surface area contributed by atoms with Crippen LogP contribution in [0.4, 0.5) is 26.0 Å². The monoisotopic (exact) mass is 471 g/mol. The van der Waals surface area contributed by atoms with Gasteiger partial charge in [0.25, 0.3) is 0 Å². The highest BCUT2D eigenvalue weighted by molar-refractivity contribution is 7.93. The van der Waals surface area contributed by atoms with Crippen molar-refractivity contribution in [1.29, 1.82) is 0 Å². The Balaban J connectivity index is 1.39. The number of ether oxygens (including phenoxy) is 1. The number of hydrogen-bond donors (Lipinski definition) is 1. The lowest BCUT2D eigenvalue weighted by Gasteiger charge is -2.17. The molecule has 0 aliphatic carbocycles. The van der Waals surface area contributed by atoms with Crippen LogP contribution in [0.15, 0.2) is 67.1 Å². The van der Waals surface area contributed by atoms with E-state index >= 15 is 0 Å². The van der Waals surface area contributed by atoms with Gasteiger partial charge in [0.2, 0.25) is 10.0 Å². The molecule has 0 bridgehead atoms. The van der Waals surface area contributed by atoms with Crippen molar-refractivity contribution in [2.24, 2.45) is 0 Å². The highest BCUT2D eigenvalue weighted by Crippen LogP contribution is 2.29. The zero-order valence-corrected chi connectivity index (χ0v) is 18.0. The molecule has 1 saturated heterocycles. The third-order valence-electron chi connectivity index (χ3n) is 5.32. The van der Waals surface area contributed by atoms with E-state index in [0.29, 0.717) is 30.1 Å². The summed E-state index contributed by atoms with van der Waals surface area (Å²) in [5, 5.41) is 3.22. The molecular formula is C22H19F2N5O3S. The molecule has 0 atom stereocenters. The van der Waals surface area contributed by atoms with Gasteiger partial charge in [0.15, 0.2) is 11.5 Å². The lowest BCUT2D eigenvalue weighted by Crippen LogP contribution is -2.24. The normalized spacial score (nSPS) is 15.3. The van der Waals surface area contributed by atoms with E-state index in [-0.39, 0.29) is 11.5 Å². The number of alkyl halides is 2. The van der Waals surface area contributed by atoms with Gasteiger partial charge in [-0.15, -0.1) is 0 Å². The molecule has 11 heteroatoms. The Morgan fingerprint density at radius 3 is 2.45 bits per heavy atom. The minimum atomic E-state index is -3.23. The molecule has 2 aromatic heterocycles. The minimum Gasteiger partial charge on any atom is -0.435 e. The molecule has 0 spiro atoms. The van der Waals surface area contributed by atoms with Crippen molar-refractivity contribution >= 4 is 32.9 Å². The fourth-order valence-corrected chi connectivity index (χ4v) is 5.37. The topological polar surface area (TPSA) is 88.8 Å². The summed E-state index contributed by atoms with van der Waals surface area (Å²) in [5.41, 5.74) is 3.47. The van der Waals surface area contributed by atoms with Crippen molar-refractivity contribution in [1.82, 2.24) is 14.4 Å². The molecule has 170 valence electrons. The van der Waals surface area contributed by atoms with Crippen molar-refractivity contribution < 1.29 is 21.9 Å². The number of rotatable bonds is 6. The van der Waals surface area contributed by atoms with Crippen LogP contribution in [0.2, 0.25) is 0 Å². The van der Waals surface area contributed by atoms with Gasteiger partial charge in [-0.2, -0.15) is 8.78 Å². The number of anilines is 3. The Hall–Kier alpha value is -3.73. The van der Waals surface area contributed by atoms with E-state index in [0.717, 1.165) is 16.9 Å². The first-order valence-corrected chi connectivity index (χ1v) is 11.8. The maximum absolute atomic E-state index is 12.4. The maximum Gasteiger partial charge on any atom is 0.387 e. The van der Waals surface area contributed by atoms with Crippen LogP contribution >= 0.6 is 0 Å². The summed E-state index contributed by atoms with van der Waals surface area (Å²) < 4.78 is 56.7. The predicted molar refractivity (Wildman–Crippen MR) is 121 cm³/mol. The lowest BCUT2D eigenvalue weighted by molar-refractivity contribution is -0.0498. The van der Waals surface area contributed by atoms with E-state index in [9.17, 15) is 17.2 Å². The molecule has 1 aliphatic rings. The van der Waals surface area contributed by atoms with E-state index in [1.54, 1.807) is 55.0 Å². The zero-order valence-electron chi connectivity index (χ0n) is 17.2. The number of benzene rings is 2. The molecule has 0 amide bonds. The third-order valence-corrected chi connectivity index (χ3v) is 7.19. The predicted octanol–water partition coefficient (Wildman–Crippen LogP) is 4.28. The molecular weight excluding hydrogens is 452 g/mol. The Morgan fingerprint density at radius 2 is 1.79 bits per heavy atom. The number of halogens is 2. The average Bonchev–Trinajstić information content (AvgIpc) is 3.38. The van der Waals surface area contributed by atoms with Gasteiger partial charge in [0.05, 0.1) is 23.3 Å². The molecule has 2 aromatic carbocycles. The summed E-state index contributed by atoms with van der Waals surface area (Å²) >= 11 is 0. The van der Waals surface area contributed by atoms with Gasteiger partial charge >= 0.3 is 6.61 Å². The van der Waals surface area contributed by atoms with Crippen LogP contribution in [0.3, 0.4) is 0 Å². The van der Waals surface area contributed by atoms with Gasteiger partial charge < -0.3 is 10.1 Å². The number of hydrogen-bond acceptors (Lipinski definition) is 6. The Labute approximate surface area is 188 Å². The van der Waals surface area contributed by atoms with Crippen LogP contribution < -0.4 is 14.4 Å². The number of sulfonamides is 1. The maximum atomic E-state index is 12.4. The highest BCUT2D eigenvalue weighted by atomic mass is 32.2. The molecule has 33 heavy (non-hydrogen) atoms. The van der Waals surface area contributed by atoms with Crippen molar-refractivity contribution in [2.45, 2.75) is 13.0 Å². The van der Waals surface area contributed by atoms with E-state index in [4.69, 9.17) is 0 Å². The molecule has 3 heterocycles. The van der Waals surface area contributed by atoms with Crippen molar-refractivity contribution in [2.75, 3.05) is 21.9 Å². The first kappa shape index (κ1) is 21.1. The van der Waals surface area contributed by atoms with Gasteiger partial charge in [0.1, 0.15) is 5.75 Å². The largest absolute Gasteiger partial charge is 0.435 e. The van der Waals surface area contributed by atoms with Gasteiger partial charge in [-0.25, -0.2) is 18.4 Å². The van der Waals surface area contributed by atoms with Crippen molar-refractivity contribution in [3.8, 4) is 17.0 Å². The number of nitrogens with zero attached hydrogens (tertiary/aromatic N) is 4. The summed E-state index contributed by atoms with van der Waals surface area (Å²) in [6.07, 6.45) is 5.68. The van der Waals surface area contributed by atoms with Gasteiger partial charge in [-0.05, 0) is 55.0 Å². The molecule has 5 rings (SSSR count). The Morgan fingerprint density at radius 1 is 1.03 bits per heavy atom. The fourth-order valence-electron chi connectivity index (χ4n) is 3.81. The van der Waals surface area contributed by atoms with Crippen LogP contribution in [0.25, 0.3) is 16.9 Å². The fraction of sp³-hybridized carbons (Fsp3) is 0.182. The minimum absolute atomic E-state index is 0.0803. The van der Waals surface area contributed by atoms with Gasteiger partial charge in [-0.3, -0.25) is 8.71 Å². The van der Waals surface area contributed by atoms with Crippen LogP contribution in [0, 0.1) is 0 Å². The second-order valence-electron chi connectivity index (χ2n) is 7.43. The van der Waals surface area contributed by atoms with Crippen molar-refractivity contribution in [3.05, 3.63) is 67.1 Å². The first-order valence-electron chi connectivity index (χ1n) is 10.2. The van der Waals surface area contributed by atoms with E-state index in [1.165, 1.54) is 16.4 Å². The van der Waals surface area contributed by atoms with Gasteiger partial charge in [-0.1, -0.05) is 0 Å². The zero-order chi connectivity index (χ0) is 23.0. The quantitative estimate of drug-likeness (QED) is 0.452. The molecule has 0 radical (unpaired) electrons. The standard InChI is InChI=1S/C22H19F2N5O3S/c23-22(24)32-18-8-2-15(3-9-18)19-14-26-21-20(25-10-12-28(19)21)27-16-4-6-17(7-5-16)29-11-1-13-33(29,30)31/h2-10,12,14,22H,1,11,13H2,(H,25,27). The molecule has 1 fully saturated rings. The molecule has 1 aliphatic heterocycles. The van der Waals surface area contributed by atoms with E-state index in [2.05, 4.69) is 20.0 Å². The lowest BCUT2D eigenvalue weighted by atomic mass is 10.1. The van der Waals surface area contributed by atoms with Crippen molar-refractivity contribution in [3.63, 3.8) is 0 Å². The Bertz CT molecular complexity index is 1390. The Kier molecular flexibility index (Phi) is 5.33. The molecule has 8 nitrogen and oxygen atoms in total. The average molecular weight is 471 g/mol. The summed E-state index contributed by atoms with van der Waals surface area (Å²) in [6, 6.07) is 13.4. The summed E-state index contributed by atoms with van der Waals surface area (Å²) in [5.74, 6) is 0.767. The molecule has 0 unspecified atom stereocenters. The van der Waals surface area contributed by atoms with Crippen LogP contribution in [-0.4, -0.2) is 41.7 Å². The highest BCUT2D eigenvalue weighted by Gasteiger charge is 2.28. The van der Waals surface area contributed by atoms with E-state index in [1.807, 2.05) is 4.40 Å². The first-order chi connectivity index (χ1) is 15.9. The number of nitrogens with one attached hydrogen (secondary N) is 1. The number of fused-ring (bicyclic) bond motifs is 1. The van der Waals surface area contributed by atoms with Gasteiger partial charge in [0, 0.05) is 30.2 Å². The summed E-state index contributed by atoms with van der Waals surface area (Å²) in [6.45, 7) is -2.39. The molecule has 1 N–H and O–H groups in total. The van der Waals surface area contributed by atoms with Crippen LogP contribution in [0.1, 0.15) is 6.42 Å². The second kappa shape index (κ2) is 8.32. The molecule has 0 saturated carbocycles. The number of imidazole rings is 1. The smallest absolute Gasteiger partial charge is 0.387 e. The molecule has 4 aromatic rings. The van der Waals surface area contributed by atoms with E-state index < -0.39 is 16.6 Å². The van der Waals surface area contributed by atoms with Crippen LogP contribution in [0.5, 0.6) is 5.75 Å².